The number of aliphatic hydroxyl groups excluding tert-OH is 1. The van der Waals surface area contributed by atoms with Crippen molar-refractivity contribution >= 4 is 52.4 Å². The lowest BCUT2D eigenvalue weighted by Gasteiger charge is -2.14. The Morgan fingerprint density at radius 1 is 1.10 bits per heavy atom. The van der Waals surface area contributed by atoms with E-state index in [1.807, 2.05) is 19.1 Å². The first kappa shape index (κ1) is 33.8. The van der Waals surface area contributed by atoms with E-state index in [9.17, 15) is 20.0 Å². The average molecular weight is 688 g/mol. The molecule has 12 nitrogen and oxygen atoms in total. The average Bonchev–Trinajstić information content (AvgIpc) is 3.76. The van der Waals surface area contributed by atoms with E-state index in [-0.39, 0.29) is 30.3 Å². The molecule has 0 bridgehead atoms. The van der Waals surface area contributed by atoms with Gasteiger partial charge in [-0.15, -0.1) is 0 Å². The van der Waals surface area contributed by atoms with Crippen molar-refractivity contribution in [2.24, 2.45) is 0 Å². The molecule has 0 saturated carbocycles. The number of hydrogen-bond acceptors (Lipinski definition) is 9. The molecular formula is C37H30ClN7O5. The monoisotopic (exact) mass is 687 g/mol. The van der Waals surface area contributed by atoms with Crippen molar-refractivity contribution in [1.29, 1.82) is 5.26 Å². The number of carboxylic acid groups (broad SMARTS) is 1. The number of oxazole rings is 1. The van der Waals surface area contributed by atoms with E-state index in [0.29, 0.717) is 63.2 Å². The molecule has 2 aromatic carbocycles. The second-order valence-electron chi connectivity index (χ2n) is 11.3. The second kappa shape index (κ2) is 15.0. The quantitative estimate of drug-likeness (QED) is 0.109. The third kappa shape index (κ3) is 7.45. The smallest absolute Gasteiger partial charge is 0.337 e. The lowest BCUT2D eigenvalue weighted by molar-refractivity contribution is 0.0696. The SMILES string of the molecule is Cc1c(NC(=O)c2ccc(CNCCO)cn2)cccc1-c1ccnc(C=Cc2cc(Cl)c3oc(Cn4ccc(C(=O)O)c4)nc3c2)c1C#N. The van der Waals surface area contributed by atoms with Crippen LogP contribution in [0.3, 0.4) is 0 Å². The highest BCUT2D eigenvalue weighted by Crippen LogP contribution is 2.33. The maximum atomic E-state index is 13.1. The number of aromatic carboxylic acids is 1. The van der Waals surface area contributed by atoms with Gasteiger partial charge in [0, 0.05) is 49.1 Å². The Morgan fingerprint density at radius 2 is 1.96 bits per heavy atom. The Bertz CT molecular complexity index is 2290. The molecule has 0 aliphatic heterocycles. The molecule has 6 rings (SSSR count). The molecule has 1 amide bonds. The van der Waals surface area contributed by atoms with Crippen LogP contribution in [-0.2, 0) is 13.1 Å². The number of nitrogens with zero attached hydrogens (tertiary/aromatic N) is 5. The van der Waals surface area contributed by atoms with Crippen molar-refractivity contribution < 1.29 is 24.2 Å². The van der Waals surface area contributed by atoms with Crippen molar-refractivity contribution in [2.75, 3.05) is 18.5 Å². The van der Waals surface area contributed by atoms with E-state index in [4.69, 9.17) is 21.1 Å². The van der Waals surface area contributed by atoms with Gasteiger partial charge in [-0.05, 0) is 71.7 Å². The molecule has 0 atom stereocenters. The Hall–Kier alpha value is -6.13. The lowest BCUT2D eigenvalue weighted by atomic mass is 9.94. The number of nitriles is 1. The van der Waals surface area contributed by atoms with Crippen LogP contribution in [-0.4, -0.2) is 54.8 Å². The van der Waals surface area contributed by atoms with Gasteiger partial charge in [0.25, 0.3) is 5.91 Å². The number of carbonyl (C=O) groups is 2. The molecule has 4 N–H and O–H groups in total. The number of aromatic nitrogens is 4. The zero-order chi connectivity index (χ0) is 35.2. The largest absolute Gasteiger partial charge is 0.478 e. The van der Waals surface area contributed by atoms with Crippen LogP contribution >= 0.6 is 11.6 Å². The molecule has 50 heavy (non-hydrogen) atoms. The van der Waals surface area contributed by atoms with Gasteiger partial charge in [-0.2, -0.15) is 5.26 Å². The van der Waals surface area contributed by atoms with Gasteiger partial charge in [-0.25, -0.2) is 9.78 Å². The van der Waals surface area contributed by atoms with Gasteiger partial charge in [-0.1, -0.05) is 35.9 Å². The maximum Gasteiger partial charge on any atom is 0.337 e. The van der Waals surface area contributed by atoms with Crippen LogP contribution in [0.1, 0.15) is 54.7 Å². The summed E-state index contributed by atoms with van der Waals surface area (Å²) in [5.41, 5.74) is 6.49. The minimum atomic E-state index is -1.02. The highest BCUT2D eigenvalue weighted by molar-refractivity contribution is 6.34. The summed E-state index contributed by atoms with van der Waals surface area (Å²) < 4.78 is 7.51. The summed E-state index contributed by atoms with van der Waals surface area (Å²) in [5.74, 6) is -1.03. The molecule has 4 heterocycles. The number of carbonyl (C=O) groups excluding carboxylic acids is 1. The number of amides is 1. The van der Waals surface area contributed by atoms with E-state index in [1.165, 1.54) is 12.3 Å². The first-order chi connectivity index (χ1) is 24.2. The van der Waals surface area contributed by atoms with Crippen LogP contribution in [0, 0.1) is 18.3 Å². The summed E-state index contributed by atoms with van der Waals surface area (Å²) in [4.78, 5) is 37.5. The fourth-order valence-corrected chi connectivity index (χ4v) is 5.65. The molecule has 13 heteroatoms. The first-order valence-electron chi connectivity index (χ1n) is 15.5. The van der Waals surface area contributed by atoms with Crippen LogP contribution < -0.4 is 10.6 Å². The number of rotatable bonds is 12. The Labute approximate surface area is 291 Å². The number of pyridine rings is 2. The highest BCUT2D eigenvalue weighted by atomic mass is 35.5. The van der Waals surface area contributed by atoms with Crippen molar-refractivity contribution in [3.63, 3.8) is 0 Å². The third-order valence-electron chi connectivity index (χ3n) is 7.90. The number of anilines is 1. The van der Waals surface area contributed by atoms with Gasteiger partial charge in [0.05, 0.1) is 35.0 Å². The predicted octanol–water partition coefficient (Wildman–Crippen LogP) is 6.17. The molecule has 0 saturated heterocycles. The van der Waals surface area contributed by atoms with Crippen molar-refractivity contribution in [3.05, 3.63) is 130 Å². The Balaban J connectivity index is 1.22. The van der Waals surface area contributed by atoms with Crippen LogP contribution in [0.15, 0.2) is 83.8 Å². The minimum Gasteiger partial charge on any atom is -0.478 e. The van der Waals surface area contributed by atoms with Gasteiger partial charge < -0.3 is 29.8 Å². The van der Waals surface area contributed by atoms with E-state index >= 15 is 0 Å². The number of aliphatic hydroxyl groups is 1. The third-order valence-corrected chi connectivity index (χ3v) is 8.18. The molecule has 0 spiro atoms. The lowest BCUT2D eigenvalue weighted by Crippen LogP contribution is -2.18. The summed E-state index contributed by atoms with van der Waals surface area (Å²) in [6, 6.07) is 18.0. The van der Waals surface area contributed by atoms with Crippen LogP contribution in [0.5, 0.6) is 0 Å². The van der Waals surface area contributed by atoms with Crippen molar-refractivity contribution in [2.45, 2.75) is 20.0 Å². The molecule has 0 aliphatic carbocycles. The highest BCUT2D eigenvalue weighted by Gasteiger charge is 2.17. The van der Waals surface area contributed by atoms with Gasteiger partial charge in [-0.3, -0.25) is 14.8 Å². The van der Waals surface area contributed by atoms with E-state index in [0.717, 1.165) is 16.7 Å². The van der Waals surface area contributed by atoms with Gasteiger partial charge in [0.1, 0.15) is 17.3 Å². The molecule has 250 valence electrons. The molecule has 0 unspecified atom stereocenters. The van der Waals surface area contributed by atoms with Crippen molar-refractivity contribution in [3.8, 4) is 17.2 Å². The Kier molecular flexibility index (Phi) is 10.1. The van der Waals surface area contributed by atoms with E-state index < -0.39 is 5.97 Å². The van der Waals surface area contributed by atoms with Crippen LogP contribution in [0.25, 0.3) is 34.4 Å². The van der Waals surface area contributed by atoms with Gasteiger partial charge in [0.2, 0.25) is 5.89 Å². The number of nitrogens with one attached hydrogen (secondary N) is 2. The molecule has 0 aliphatic rings. The fraction of sp³-hybridized carbons (Fsp3) is 0.135. The van der Waals surface area contributed by atoms with E-state index in [1.54, 1.807) is 71.7 Å². The van der Waals surface area contributed by atoms with Gasteiger partial charge >= 0.3 is 5.97 Å². The second-order valence-corrected chi connectivity index (χ2v) is 11.7. The number of hydrogen-bond donors (Lipinski definition) is 4. The van der Waals surface area contributed by atoms with Gasteiger partial charge in [0.15, 0.2) is 5.58 Å². The first-order valence-corrected chi connectivity index (χ1v) is 15.8. The number of fused-ring (bicyclic) bond motifs is 1. The normalized spacial score (nSPS) is 11.2. The number of halogens is 1. The van der Waals surface area contributed by atoms with Crippen LogP contribution in [0.2, 0.25) is 5.02 Å². The standard InChI is InChI=1S/C37H30ClN7O5/c1-22-26(3-2-4-30(22)44-36(47)32-8-6-24(19-42-32)18-40-12-14-46)27-9-11-41-31(28(27)17-39)7-5-23-15-29(38)35-33(16-23)43-34(50-35)21-45-13-10-25(20-45)37(48)49/h2-11,13,15-16,19-20,40,46H,12,14,18,21H2,1H3,(H,44,47)(H,48,49). The molecule has 6 aromatic rings. The zero-order valence-corrected chi connectivity index (χ0v) is 27.5. The Morgan fingerprint density at radius 3 is 2.70 bits per heavy atom. The summed E-state index contributed by atoms with van der Waals surface area (Å²) >= 11 is 6.54. The summed E-state index contributed by atoms with van der Waals surface area (Å²) in [6.07, 6.45) is 9.88. The summed E-state index contributed by atoms with van der Waals surface area (Å²) in [5, 5.41) is 34.7. The van der Waals surface area contributed by atoms with E-state index in [2.05, 4.69) is 31.7 Å². The predicted molar refractivity (Wildman–Crippen MR) is 189 cm³/mol. The summed E-state index contributed by atoms with van der Waals surface area (Å²) in [6.45, 7) is 3.13. The molecule has 0 fully saturated rings. The molecular weight excluding hydrogens is 658 g/mol. The zero-order valence-electron chi connectivity index (χ0n) is 26.7. The number of benzene rings is 2. The van der Waals surface area contributed by atoms with Crippen LogP contribution in [0.4, 0.5) is 5.69 Å². The minimum absolute atomic E-state index is 0.0372. The van der Waals surface area contributed by atoms with Crippen molar-refractivity contribution in [1.82, 2.24) is 24.8 Å². The molecule has 4 aromatic heterocycles. The summed E-state index contributed by atoms with van der Waals surface area (Å²) in [7, 11) is 0. The molecule has 0 radical (unpaired) electrons. The maximum absolute atomic E-state index is 13.1. The topological polar surface area (TPSA) is 179 Å². The fourth-order valence-electron chi connectivity index (χ4n) is 5.39. The number of carboxylic acids is 1.